The van der Waals surface area contributed by atoms with Gasteiger partial charge in [0.25, 0.3) is 0 Å². The van der Waals surface area contributed by atoms with E-state index in [4.69, 9.17) is 10.5 Å². The molecule has 0 aromatic heterocycles. The Morgan fingerprint density at radius 1 is 1.56 bits per heavy atom. The summed E-state index contributed by atoms with van der Waals surface area (Å²) in [7, 11) is 0. The molecule has 0 spiro atoms. The lowest BCUT2D eigenvalue weighted by Gasteiger charge is -2.27. The largest absolute Gasteiger partial charge is 0.465 e. The molecule has 5 heteroatoms. The number of thioether (sulfide) groups is 1. The van der Waals surface area contributed by atoms with Gasteiger partial charge in [0.1, 0.15) is 6.04 Å². The maximum Gasteiger partial charge on any atom is 0.323 e. The minimum atomic E-state index is -0.570. The van der Waals surface area contributed by atoms with E-state index in [2.05, 4.69) is 0 Å². The van der Waals surface area contributed by atoms with Crippen LogP contribution in [0.5, 0.6) is 0 Å². The second-order valence-corrected chi connectivity index (χ2v) is 5.35. The van der Waals surface area contributed by atoms with Gasteiger partial charge in [-0.25, -0.2) is 0 Å². The summed E-state index contributed by atoms with van der Waals surface area (Å²) in [6.07, 6.45) is 3.90. The molecule has 1 fully saturated rings. The highest BCUT2D eigenvalue weighted by molar-refractivity contribution is 8.00. The number of carbonyl (C=O) groups is 1. The van der Waals surface area contributed by atoms with Crippen LogP contribution in [0.15, 0.2) is 0 Å². The smallest absolute Gasteiger partial charge is 0.323 e. The molecule has 0 aliphatic heterocycles. The number of nitrogens with two attached hydrogens (primary N) is 1. The fraction of sp³-hybridized carbons (Fsp3) is 0.909. The Morgan fingerprint density at radius 2 is 2.25 bits per heavy atom. The summed E-state index contributed by atoms with van der Waals surface area (Å²) in [5, 5.41) is 9.98. The van der Waals surface area contributed by atoms with Crippen LogP contribution in [-0.2, 0) is 9.53 Å². The molecule has 0 heterocycles. The summed E-state index contributed by atoms with van der Waals surface area (Å²) >= 11 is 1.59. The number of carbonyl (C=O) groups excluding carboxylic acids is 1. The van der Waals surface area contributed by atoms with Gasteiger partial charge >= 0.3 is 5.97 Å². The number of esters is 1. The Hall–Kier alpha value is -0.260. The molecule has 0 bridgehead atoms. The summed E-state index contributed by atoms with van der Waals surface area (Å²) in [6.45, 7) is 2.13. The molecule has 0 saturated heterocycles. The predicted octanol–water partition coefficient (Wildman–Crippen LogP) is 0.913. The maximum absolute atomic E-state index is 11.3. The molecule has 3 unspecified atom stereocenters. The van der Waals surface area contributed by atoms with Gasteiger partial charge < -0.3 is 15.6 Å². The lowest BCUT2D eigenvalue weighted by molar-refractivity contribution is -0.144. The van der Waals surface area contributed by atoms with Crippen molar-refractivity contribution in [3.05, 3.63) is 0 Å². The van der Waals surface area contributed by atoms with E-state index < -0.39 is 6.04 Å². The molecule has 16 heavy (non-hydrogen) atoms. The van der Waals surface area contributed by atoms with Crippen LogP contribution < -0.4 is 5.73 Å². The highest BCUT2D eigenvalue weighted by atomic mass is 32.2. The number of rotatable bonds is 5. The minimum absolute atomic E-state index is 0.231. The molecule has 3 N–H and O–H groups in total. The first-order valence-electron chi connectivity index (χ1n) is 5.87. The van der Waals surface area contributed by atoms with Crippen LogP contribution in [0.2, 0.25) is 0 Å². The zero-order valence-electron chi connectivity index (χ0n) is 9.72. The molecule has 0 aromatic rings. The lowest BCUT2D eigenvalue weighted by atomic mass is 9.97. The third-order valence-electron chi connectivity index (χ3n) is 2.75. The third kappa shape index (κ3) is 4.31. The van der Waals surface area contributed by atoms with Gasteiger partial charge in [-0.15, -0.1) is 0 Å². The molecular weight excluding hydrogens is 226 g/mol. The van der Waals surface area contributed by atoms with Gasteiger partial charge in [-0.3, -0.25) is 4.79 Å². The first-order valence-corrected chi connectivity index (χ1v) is 6.92. The molecule has 3 atom stereocenters. The Bertz CT molecular complexity index is 225. The van der Waals surface area contributed by atoms with Crippen molar-refractivity contribution >= 4 is 17.7 Å². The monoisotopic (exact) mass is 247 g/mol. The SMILES string of the molecule is CCOC(=O)C(N)CSC1CCCCC1O. The Morgan fingerprint density at radius 3 is 2.88 bits per heavy atom. The molecule has 0 radical (unpaired) electrons. The molecule has 0 aromatic carbocycles. The second kappa shape index (κ2) is 7.14. The molecule has 94 valence electrons. The fourth-order valence-corrected chi connectivity index (χ4v) is 3.10. The molecule has 1 rings (SSSR count). The van der Waals surface area contributed by atoms with Crippen LogP contribution >= 0.6 is 11.8 Å². The number of ether oxygens (including phenoxy) is 1. The van der Waals surface area contributed by atoms with Gasteiger partial charge in [0.15, 0.2) is 0 Å². The van der Waals surface area contributed by atoms with Gasteiger partial charge in [-0.2, -0.15) is 11.8 Å². The van der Waals surface area contributed by atoms with Crippen LogP contribution in [0.25, 0.3) is 0 Å². The number of aliphatic hydroxyl groups is 1. The summed E-state index contributed by atoms with van der Waals surface area (Å²) < 4.78 is 4.83. The average molecular weight is 247 g/mol. The molecule has 1 saturated carbocycles. The van der Waals surface area contributed by atoms with E-state index in [0.29, 0.717) is 12.4 Å². The second-order valence-electron chi connectivity index (χ2n) is 4.08. The van der Waals surface area contributed by atoms with Crippen LogP contribution in [0, 0.1) is 0 Å². The fourth-order valence-electron chi connectivity index (χ4n) is 1.82. The Labute approximate surface area is 101 Å². The van der Waals surface area contributed by atoms with E-state index in [1.165, 1.54) is 0 Å². The maximum atomic E-state index is 11.3. The normalized spacial score (nSPS) is 27.4. The lowest BCUT2D eigenvalue weighted by Crippen LogP contribution is -2.36. The Balaban J connectivity index is 2.24. The Kier molecular flexibility index (Phi) is 6.16. The minimum Gasteiger partial charge on any atom is -0.465 e. The quantitative estimate of drug-likeness (QED) is 0.707. The summed E-state index contributed by atoms with van der Waals surface area (Å²) in [6, 6.07) is -0.570. The van der Waals surface area contributed by atoms with Crippen LogP contribution in [0.3, 0.4) is 0 Å². The van der Waals surface area contributed by atoms with E-state index in [-0.39, 0.29) is 17.3 Å². The van der Waals surface area contributed by atoms with Gasteiger partial charge in [0.2, 0.25) is 0 Å². The first-order chi connectivity index (χ1) is 7.65. The van der Waals surface area contributed by atoms with Crippen molar-refractivity contribution in [1.29, 1.82) is 0 Å². The van der Waals surface area contributed by atoms with E-state index in [1.807, 2.05) is 0 Å². The summed E-state index contributed by atoms with van der Waals surface area (Å²) in [5.41, 5.74) is 5.69. The van der Waals surface area contributed by atoms with Crippen molar-refractivity contribution in [1.82, 2.24) is 0 Å². The number of aliphatic hydroxyl groups excluding tert-OH is 1. The van der Waals surface area contributed by atoms with Crippen molar-refractivity contribution in [2.45, 2.75) is 50.0 Å². The number of hydrogen-bond acceptors (Lipinski definition) is 5. The van der Waals surface area contributed by atoms with Crippen LogP contribution in [-0.4, -0.2) is 40.8 Å². The molecule has 1 aliphatic carbocycles. The van der Waals surface area contributed by atoms with E-state index >= 15 is 0 Å². The summed E-state index contributed by atoms with van der Waals surface area (Å²) in [5.74, 6) is 0.181. The summed E-state index contributed by atoms with van der Waals surface area (Å²) in [4.78, 5) is 11.3. The zero-order valence-corrected chi connectivity index (χ0v) is 10.5. The average Bonchev–Trinajstić information content (AvgIpc) is 2.28. The van der Waals surface area contributed by atoms with E-state index in [1.54, 1.807) is 18.7 Å². The highest BCUT2D eigenvalue weighted by Crippen LogP contribution is 2.28. The van der Waals surface area contributed by atoms with E-state index in [9.17, 15) is 9.90 Å². The number of hydrogen-bond donors (Lipinski definition) is 2. The topological polar surface area (TPSA) is 72.5 Å². The third-order valence-corrected chi connectivity index (χ3v) is 4.28. The van der Waals surface area contributed by atoms with Crippen LogP contribution in [0.4, 0.5) is 0 Å². The van der Waals surface area contributed by atoms with E-state index in [0.717, 1.165) is 25.7 Å². The zero-order chi connectivity index (χ0) is 12.0. The molecular formula is C11H21NO3S. The van der Waals surface area contributed by atoms with Gasteiger partial charge in [-0.1, -0.05) is 12.8 Å². The standard InChI is InChI=1S/C11H21NO3S/c1-2-15-11(14)8(12)7-16-10-6-4-3-5-9(10)13/h8-10,13H,2-7,12H2,1H3. The molecule has 0 amide bonds. The van der Waals surface area contributed by atoms with Crippen molar-refractivity contribution in [3.63, 3.8) is 0 Å². The van der Waals surface area contributed by atoms with Gasteiger partial charge in [0.05, 0.1) is 12.7 Å². The van der Waals surface area contributed by atoms with Crippen LogP contribution in [0.1, 0.15) is 32.6 Å². The first kappa shape index (κ1) is 13.8. The van der Waals surface area contributed by atoms with Crippen molar-refractivity contribution in [2.24, 2.45) is 5.73 Å². The highest BCUT2D eigenvalue weighted by Gasteiger charge is 2.25. The van der Waals surface area contributed by atoms with Crippen molar-refractivity contribution in [2.75, 3.05) is 12.4 Å². The van der Waals surface area contributed by atoms with Gasteiger partial charge in [0, 0.05) is 11.0 Å². The van der Waals surface area contributed by atoms with Crippen molar-refractivity contribution < 1.29 is 14.6 Å². The van der Waals surface area contributed by atoms with Gasteiger partial charge in [-0.05, 0) is 19.8 Å². The molecule has 4 nitrogen and oxygen atoms in total. The predicted molar refractivity (Wildman–Crippen MR) is 65.3 cm³/mol. The molecule has 1 aliphatic rings. The van der Waals surface area contributed by atoms with Crippen molar-refractivity contribution in [3.8, 4) is 0 Å².